The number of halogens is 3. The van der Waals surface area contributed by atoms with Crippen molar-refractivity contribution < 1.29 is 27.9 Å². The third-order valence-corrected chi connectivity index (χ3v) is 4.20. The van der Waals surface area contributed by atoms with E-state index < -0.39 is 29.7 Å². The summed E-state index contributed by atoms with van der Waals surface area (Å²) in [6.45, 7) is 2.18. The summed E-state index contributed by atoms with van der Waals surface area (Å²) in [4.78, 5) is 26.5. The Morgan fingerprint density at radius 3 is 2.46 bits per heavy atom. The highest BCUT2D eigenvalue weighted by Gasteiger charge is 2.36. The predicted molar refractivity (Wildman–Crippen MR) is 81.6 cm³/mol. The third kappa shape index (κ3) is 3.87. The second-order valence-corrected chi connectivity index (χ2v) is 6.02. The Hall–Kier alpha value is -2.09. The van der Waals surface area contributed by atoms with E-state index in [0.29, 0.717) is 18.7 Å². The molecule has 1 heterocycles. The number of carbonyl (C=O) groups is 2. The number of carboxylic acid groups (broad SMARTS) is 1. The fourth-order valence-electron chi connectivity index (χ4n) is 2.80. The SMILES string of the molecule is CC(CN(C)C1CCN(c2ccc(C(F)(F)F)cc2)C1=O)C(=O)O. The normalized spacial score (nSPS) is 19.8. The zero-order chi connectivity index (χ0) is 18.1. The van der Waals surface area contributed by atoms with Gasteiger partial charge in [-0.2, -0.15) is 13.2 Å². The van der Waals surface area contributed by atoms with Crippen LogP contribution in [0.4, 0.5) is 18.9 Å². The molecule has 0 saturated carbocycles. The summed E-state index contributed by atoms with van der Waals surface area (Å²) < 4.78 is 37.8. The lowest BCUT2D eigenvalue weighted by molar-refractivity contribution is -0.142. The third-order valence-electron chi connectivity index (χ3n) is 4.20. The minimum atomic E-state index is -4.41. The van der Waals surface area contributed by atoms with Gasteiger partial charge in [0.1, 0.15) is 0 Å². The van der Waals surface area contributed by atoms with E-state index in [1.165, 1.54) is 17.0 Å². The van der Waals surface area contributed by atoms with E-state index in [1.807, 2.05) is 0 Å². The first-order valence-electron chi connectivity index (χ1n) is 7.53. The molecule has 0 bridgehead atoms. The Kier molecular flexibility index (Phi) is 5.17. The van der Waals surface area contributed by atoms with E-state index in [-0.39, 0.29) is 12.5 Å². The lowest BCUT2D eigenvalue weighted by atomic mass is 10.1. The summed E-state index contributed by atoms with van der Waals surface area (Å²) in [5.41, 5.74) is -0.350. The number of aliphatic carboxylic acids is 1. The van der Waals surface area contributed by atoms with Crippen molar-refractivity contribution in [1.82, 2.24) is 4.90 Å². The molecule has 8 heteroatoms. The number of amides is 1. The van der Waals surface area contributed by atoms with E-state index in [2.05, 4.69) is 0 Å². The van der Waals surface area contributed by atoms with Gasteiger partial charge in [-0.05, 0) is 37.7 Å². The van der Waals surface area contributed by atoms with Crippen LogP contribution in [0.1, 0.15) is 18.9 Å². The summed E-state index contributed by atoms with van der Waals surface area (Å²) >= 11 is 0. The Morgan fingerprint density at radius 2 is 1.96 bits per heavy atom. The molecule has 1 amide bonds. The minimum Gasteiger partial charge on any atom is -0.481 e. The van der Waals surface area contributed by atoms with Gasteiger partial charge in [-0.1, -0.05) is 6.92 Å². The van der Waals surface area contributed by atoms with Crippen LogP contribution in [0, 0.1) is 5.92 Å². The Morgan fingerprint density at radius 1 is 1.38 bits per heavy atom. The van der Waals surface area contributed by atoms with E-state index in [1.54, 1.807) is 18.9 Å². The molecule has 1 saturated heterocycles. The first-order valence-corrected chi connectivity index (χ1v) is 7.53. The van der Waals surface area contributed by atoms with Gasteiger partial charge in [-0.3, -0.25) is 14.5 Å². The molecule has 1 aliphatic rings. The van der Waals surface area contributed by atoms with E-state index in [0.717, 1.165) is 12.1 Å². The van der Waals surface area contributed by atoms with Crippen molar-refractivity contribution in [3.05, 3.63) is 29.8 Å². The molecule has 0 aliphatic carbocycles. The molecule has 2 unspecified atom stereocenters. The van der Waals surface area contributed by atoms with Gasteiger partial charge in [0, 0.05) is 18.8 Å². The van der Waals surface area contributed by atoms with Gasteiger partial charge < -0.3 is 10.0 Å². The quantitative estimate of drug-likeness (QED) is 0.891. The number of hydrogen-bond donors (Lipinski definition) is 1. The van der Waals surface area contributed by atoms with Crippen LogP contribution >= 0.6 is 0 Å². The fourth-order valence-corrected chi connectivity index (χ4v) is 2.80. The van der Waals surface area contributed by atoms with Gasteiger partial charge in [0.2, 0.25) is 5.91 Å². The molecule has 1 N–H and O–H groups in total. The van der Waals surface area contributed by atoms with Crippen LogP contribution in [0.5, 0.6) is 0 Å². The summed E-state index contributed by atoms with van der Waals surface area (Å²) in [5.74, 6) is -1.77. The second kappa shape index (κ2) is 6.80. The Balaban J connectivity index is 2.07. The number of hydrogen-bond acceptors (Lipinski definition) is 3. The maximum absolute atomic E-state index is 12.6. The molecule has 0 radical (unpaired) electrons. The van der Waals surface area contributed by atoms with Crippen molar-refractivity contribution in [3.63, 3.8) is 0 Å². The van der Waals surface area contributed by atoms with Crippen LogP contribution in [0.25, 0.3) is 0 Å². The number of nitrogens with zero attached hydrogens (tertiary/aromatic N) is 2. The van der Waals surface area contributed by atoms with Crippen molar-refractivity contribution in [2.45, 2.75) is 25.6 Å². The summed E-state index contributed by atoms with van der Waals surface area (Å²) in [6, 6.07) is 4.00. The Labute approximate surface area is 137 Å². The molecule has 0 aromatic heterocycles. The molecule has 0 spiro atoms. The number of anilines is 1. The molecule has 5 nitrogen and oxygen atoms in total. The van der Waals surface area contributed by atoms with Crippen LogP contribution in [0.3, 0.4) is 0 Å². The number of carboxylic acids is 1. The molecule has 132 valence electrons. The number of carbonyl (C=O) groups excluding carboxylic acids is 1. The highest BCUT2D eigenvalue weighted by molar-refractivity contribution is 5.99. The standard InChI is InChI=1S/C16H19F3N2O3/c1-10(15(23)24)9-20(2)13-7-8-21(14(13)22)12-5-3-11(4-6-12)16(17,18)19/h3-6,10,13H,7-9H2,1-2H3,(H,23,24). The molecule has 24 heavy (non-hydrogen) atoms. The zero-order valence-electron chi connectivity index (χ0n) is 13.4. The molecular weight excluding hydrogens is 325 g/mol. The van der Waals surface area contributed by atoms with Crippen molar-refractivity contribution in [1.29, 1.82) is 0 Å². The van der Waals surface area contributed by atoms with Gasteiger partial charge in [0.25, 0.3) is 0 Å². The molecule has 1 aliphatic heterocycles. The van der Waals surface area contributed by atoms with Gasteiger partial charge in [0.05, 0.1) is 17.5 Å². The average molecular weight is 344 g/mol. The van der Waals surface area contributed by atoms with Gasteiger partial charge in [0.15, 0.2) is 0 Å². The van der Waals surface area contributed by atoms with Crippen molar-refractivity contribution >= 4 is 17.6 Å². The van der Waals surface area contributed by atoms with E-state index in [9.17, 15) is 22.8 Å². The van der Waals surface area contributed by atoms with Gasteiger partial charge >= 0.3 is 12.1 Å². The van der Waals surface area contributed by atoms with Crippen molar-refractivity contribution in [2.24, 2.45) is 5.92 Å². The summed E-state index contributed by atoms with van der Waals surface area (Å²) in [7, 11) is 1.68. The number of rotatable bonds is 5. The Bertz CT molecular complexity index is 616. The maximum atomic E-state index is 12.6. The molecular formula is C16H19F3N2O3. The highest BCUT2D eigenvalue weighted by Crippen LogP contribution is 2.31. The molecule has 1 fully saturated rings. The highest BCUT2D eigenvalue weighted by atomic mass is 19.4. The fraction of sp³-hybridized carbons (Fsp3) is 0.500. The van der Waals surface area contributed by atoms with E-state index in [4.69, 9.17) is 5.11 Å². The van der Waals surface area contributed by atoms with E-state index >= 15 is 0 Å². The molecule has 1 aromatic carbocycles. The van der Waals surface area contributed by atoms with Crippen LogP contribution in [-0.4, -0.2) is 48.1 Å². The second-order valence-electron chi connectivity index (χ2n) is 6.02. The predicted octanol–water partition coefficient (Wildman–Crippen LogP) is 2.46. The smallest absolute Gasteiger partial charge is 0.416 e. The van der Waals surface area contributed by atoms with Crippen molar-refractivity contribution in [2.75, 3.05) is 25.0 Å². The summed E-state index contributed by atoms with van der Waals surface area (Å²) in [6.07, 6.45) is -3.91. The molecule has 2 rings (SSSR count). The van der Waals surface area contributed by atoms with Gasteiger partial charge in [-0.15, -0.1) is 0 Å². The number of benzene rings is 1. The first kappa shape index (κ1) is 18.3. The largest absolute Gasteiger partial charge is 0.481 e. The van der Waals surface area contributed by atoms with Crippen LogP contribution in [-0.2, 0) is 15.8 Å². The van der Waals surface area contributed by atoms with Crippen molar-refractivity contribution in [3.8, 4) is 0 Å². The average Bonchev–Trinajstić information content (AvgIpc) is 2.88. The van der Waals surface area contributed by atoms with Crippen LogP contribution in [0.2, 0.25) is 0 Å². The van der Waals surface area contributed by atoms with Crippen LogP contribution < -0.4 is 4.90 Å². The molecule has 1 aromatic rings. The van der Waals surface area contributed by atoms with Gasteiger partial charge in [-0.25, -0.2) is 0 Å². The minimum absolute atomic E-state index is 0.227. The lowest BCUT2D eigenvalue weighted by Crippen LogP contribution is -2.42. The molecule has 2 atom stereocenters. The number of alkyl halides is 3. The first-order chi connectivity index (χ1) is 11.1. The summed E-state index contributed by atoms with van der Waals surface area (Å²) in [5, 5.41) is 8.95. The monoisotopic (exact) mass is 344 g/mol. The maximum Gasteiger partial charge on any atom is 0.416 e. The lowest BCUT2D eigenvalue weighted by Gasteiger charge is -2.25. The topological polar surface area (TPSA) is 60.9 Å². The zero-order valence-corrected chi connectivity index (χ0v) is 13.4. The number of likely N-dealkylation sites (N-methyl/N-ethyl adjacent to an activating group) is 1. The van der Waals surface area contributed by atoms with Crippen LogP contribution in [0.15, 0.2) is 24.3 Å².